The first-order chi connectivity index (χ1) is 9.39. The monoisotopic (exact) mass is 295 g/mol. The lowest BCUT2D eigenvalue weighted by Crippen LogP contribution is -2.42. The third-order valence-corrected chi connectivity index (χ3v) is 5.37. The number of benzene rings is 1. The van der Waals surface area contributed by atoms with Crippen molar-refractivity contribution in [2.24, 2.45) is 5.92 Å². The van der Waals surface area contributed by atoms with Crippen LogP contribution in [0.15, 0.2) is 30.3 Å². The molecule has 0 radical (unpaired) electrons. The molecule has 0 bridgehead atoms. The van der Waals surface area contributed by atoms with Crippen LogP contribution in [-0.2, 0) is 21.2 Å². The van der Waals surface area contributed by atoms with Crippen molar-refractivity contribution in [1.29, 1.82) is 0 Å². The van der Waals surface area contributed by atoms with Crippen LogP contribution in [0.1, 0.15) is 25.8 Å². The molecule has 0 spiro atoms. The first-order valence-electron chi connectivity index (χ1n) is 6.94. The van der Waals surface area contributed by atoms with Crippen molar-refractivity contribution in [3.63, 3.8) is 0 Å². The Morgan fingerprint density at radius 3 is 2.45 bits per heavy atom. The Labute approximate surface area is 120 Å². The SMILES string of the molecule is CC(C)C(=O)N(Cc1ccccc1)C1CCS(=O)(=O)C1. The van der Waals surface area contributed by atoms with Gasteiger partial charge in [0.2, 0.25) is 5.91 Å². The van der Waals surface area contributed by atoms with E-state index >= 15 is 0 Å². The molecule has 4 nitrogen and oxygen atoms in total. The molecular weight excluding hydrogens is 274 g/mol. The van der Waals surface area contributed by atoms with Gasteiger partial charge >= 0.3 is 0 Å². The highest BCUT2D eigenvalue weighted by Gasteiger charge is 2.35. The Morgan fingerprint density at radius 1 is 1.30 bits per heavy atom. The molecule has 1 aliphatic rings. The van der Waals surface area contributed by atoms with Crippen molar-refractivity contribution in [1.82, 2.24) is 4.90 Å². The van der Waals surface area contributed by atoms with Crippen molar-refractivity contribution >= 4 is 15.7 Å². The van der Waals surface area contributed by atoms with E-state index in [1.807, 2.05) is 44.2 Å². The second kappa shape index (κ2) is 5.95. The quantitative estimate of drug-likeness (QED) is 0.852. The predicted octanol–water partition coefficient (Wildman–Crippen LogP) is 1.86. The van der Waals surface area contributed by atoms with E-state index in [4.69, 9.17) is 0 Å². The molecule has 0 N–H and O–H groups in total. The summed E-state index contributed by atoms with van der Waals surface area (Å²) >= 11 is 0. The van der Waals surface area contributed by atoms with Gasteiger partial charge in [-0.1, -0.05) is 44.2 Å². The molecule has 1 aliphatic heterocycles. The zero-order valence-electron chi connectivity index (χ0n) is 12.0. The van der Waals surface area contributed by atoms with E-state index in [0.717, 1.165) is 5.56 Å². The molecule has 5 heteroatoms. The Bertz CT molecular complexity index is 566. The number of sulfone groups is 1. The molecule has 1 fully saturated rings. The Hall–Kier alpha value is -1.36. The normalized spacial score (nSPS) is 21.1. The highest BCUT2D eigenvalue weighted by atomic mass is 32.2. The zero-order valence-corrected chi connectivity index (χ0v) is 12.8. The number of hydrogen-bond acceptors (Lipinski definition) is 3. The summed E-state index contributed by atoms with van der Waals surface area (Å²) in [6.45, 7) is 4.19. The fraction of sp³-hybridized carbons (Fsp3) is 0.533. The lowest BCUT2D eigenvalue weighted by atomic mass is 10.1. The number of carbonyl (C=O) groups is 1. The number of hydrogen-bond donors (Lipinski definition) is 0. The Balaban J connectivity index is 2.20. The molecule has 110 valence electrons. The summed E-state index contributed by atoms with van der Waals surface area (Å²) in [6, 6.07) is 9.53. The van der Waals surface area contributed by atoms with E-state index in [-0.39, 0.29) is 29.4 Å². The van der Waals surface area contributed by atoms with E-state index in [1.165, 1.54) is 0 Å². The van der Waals surface area contributed by atoms with Crippen LogP contribution in [0.2, 0.25) is 0 Å². The van der Waals surface area contributed by atoms with Crippen molar-refractivity contribution < 1.29 is 13.2 Å². The predicted molar refractivity (Wildman–Crippen MR) is 78.9 cm³/mol. The summed E-state index contributed by atoms with van der Waals surface area (Å²) in [4.78, 5) is 14.1. The van der Waals surface area contributed by atoms with Gasteiger partial charge in [-0.3, -0.25) is 4.79 Å². The summed E-state index contributed by atoms with van der Waals surface area (Å²) in [5, 5.41) is 0. The van der Waals surface area contributed by atoms with Gasteiger partial charge < -0.3 is 4.90 Å². The maximum absolute atomic E-state index is 12.4. The van der Waals surface area contributed by atoms with Gasteiger partial charge in [-0.25, -0.2) is 8.42 Å². The standard InChI is InChI=1S/C15H21NO3S/c1-12(2)15(17)16(10-13-6-4-3-5-7-13)14-8-9-20(18,19)11-14/h3-7,12,14H,8-11H2,1-2H3. The number of nitrogens with zero attached hydrogens (tertiary/aromatic N) is 1. The van der Waals surface area contributed by atoms with Gasteiger partial charge in [-0.05, 0) is 12.0 Å². The van der Waals surface area contributed by atoms with Crippen LogP contribution in [0.5, 0.6) is 0 Å². The molecule has 1 atom stereocenters. The van der Waals surface area contributed by atoms with E-state index < -0.39 is 9.84 Å². The molecular formula is C15H21NO3S. The molecule has 1 aromatic carbocycles. The molecule has 0 aliphatic carbocycles. The average Bonchev–Trinajstić information content (AvgIpc) is 2.76. The highest BCUT2D eigenvalue weighted by molar-refractivity contribution is 7.91. The minimum Gasteiger partial charge on any atom is -0.334 e. The third-order valence-electron chi connectivity index (χ3n) is 3.62. The van der Waals surface area contributed by atoms with Crippen LogP contribution in [0.25, 0.3) is 0 Å². The van der Waals surface area contributed by atoms with E-state index in [0.29, 0.717) is 13.0 Å². The molecule has 0 saturated carbocycles. The molecule has 1 amide bonds. The summed E-state index contributed by atoms with van der Waals surface area (Å²) in [7, 11) is -2.99. The zero-order chi connectivity index (χ0) is 14.8. The largest absolute Gasteiger partial charge is 0.334 e. The lowest BCUT2D eigenvalue weighted by molar-refractivity contribution is -0.137. The second-order valence-corrected chi connectivity index (χ2v) is 7.89. The molecule has 0 aromatic heterocycles. The van der Waals surface area contributed by atoms with Gasteiger partial charge in [0.25, 0.3) is 0 Å². The molecule has 1 saturated heterocycles. The number of amides is 1. The summed E-state index contributed by atoms with van der Waals surface area (Å²) in [5.41, 5.74) is 1.03. The molecule has 1 aromatic rings. The van der Waals surface area contributed by atoms with E-state index in [1.54, 1.807) is 4.90 Å². The minimum absolute atomic E-state index is 0.0240. The highest BCUT2D eigenvalue weighted by Crippen LogP contribution is 2.22. The van der Waals surface area contributed by atoms with Crippen molar-refractivity contribution in [2.75, 3.05) is 11.5 Å². The maximum atomic E-state index is 12.4. The smallest absolute Gasteiger partial charge is 0.225 e. The van der Waals surface area contributed by atoms with Crippen LogP contribution >= 0.6 is 0 Å². The topological polar surface area (TPSA) is 54.5 Å². The molecule has 2 rings (SSSR count). The van der Waals surface area contributed by atoms with Crippen LogP contribution in [-0.4, -0.2) is 36.8 Å². The second-order valence-electron chi connectivity index (χ2n) is 5.66. The van der Waals surface area contributed by atoms with E-state index in [9.17, 15) is 13.2 Å². The minimum atomic E-state index is -2.99. The summed E-state index contributed by atoms with van der Waals surface area (Å²) in [6.07, 6.45) is 0.549. The lowest BCUT2D eigenvalue weighted by Gasteiger charge is -2.30. The Kier molecular flexibility index (Phi) is 4.48. The maximum Gasteiger partial charge on any atom is 0.225 e. The Morgan fingerprint density at radius 2 is 1.95 bits per heavy atom. The number of rotatable bonds is 4. The van der Waals surface area contributed by atoms with Gasteiger partial charge in [0.05, 0.1) is 11.5 Å². The fourth-order valence-electron chi connectivity index (χ4n) is 2.52. The van der Waals surface area contributed by atoms with Crippen LogP contribution in [0, 0.1) is 5.92 Å². The fourth-order valence-corrected chi connectivity index (χ4v) is 4.25. The number of carbonyl (C=O) groups excluding carboxylic acids is 1. The first-order valence-corrected chi connectivity index (χ1v) is 8.76. The van der Waals surface area contributed by atoms with Gasteiger partial charge in [-0.15, -0.1) is 0 Å². The van der Waals surface area contributed by atoms with Crippen molar-refractivity contribution in [3.05, 3.63) is 35.9 Å². The van der Waals surface area contributed by atoms with Crippen LogP contribution in [0.3, 0.4) is 0 Å². The van der Waals surface area contributed by atoms with E-state index in [2.05, 4.69) is 0 Å². The summed E-state index contributed by atoms with van der Waals surface area (Å²) in [5.74, 6) is 0.185. The molecule has 1 unspecified atom stereocenters. The van der Waals surface area contributed by atoms with Gasteiger partial charge in [-0.2, -0.15) is 0 Å². The van der Waals surface area contributed by atoms with Gasteiger partial charge in [0.15, 0.2) is 9.84 Å². The molecule has 20 heavy (non-hydrogen) atoms. The first kappa shape index (κ1) is 15.0. The van der Waals surface area contributed by atoms with Crippen molar-refractivity contribution in [3.8, 4) is 0 Å². The van der Waals surface area contributed by atoms with Crippen LogP contribution < -0.4 is 0 Å². The van der Waals surface area contributed by atoms with Gasteiger partial charge in [0.1, 0.15) is 0 Å². The summed E-state index contributed by atoms with van der Waals surface area (Å²) < 4.78 is 23.3. The average molecular weight is 295 g/mol. The third kappa shape index (κ3) is 3.60. The molecule has 1 heterocycles. The van der Waals surface area contributed by atoms with Crippen molar-refractivity contribution in [2.45, 2.75) is 32.9 Å². The van der Waals surface area contributed by atoms with Gasteiger partial charge in [0, 0.05) is 18.5 Å². The van der Waals surface area contributed by atoms with Crippen LogP contribution in [0.4, 0.5) is 0 Å².